The molecule has 1 aromatic carbocycles. The number of nitrogens with zero attached hydrogens (tertiary/aromatic N) is 1. The van der Waals surface area contributed by atoms with E-state index in [0.717, 1.165) is 30.6 Å². The molecule has 106 valence electrons. The van der Waals surface area contributed by atoms with Crippen molar-refractivity contribution in [3.8, 4) is 11.6 Å². The lowest BCUT2D eigenvalue weighted by atomic mass is 10.2. The fourth-order valence-corrected chi connectivity index (χ4v) is 2.04. The number of rotatable bonds is 6. The summed E-state index contributed by atoms with van der Waals surface area (Å²) in [6.45, 7) is 5.98. The summed E-state index contributed by atoms with van der Waals surface area (Å²) in [4.78, 5) is 4.37. The van der Waals surface area contributed by atoms with Crippen LogP contribution in [-0.2, 0) is 6.54 Å². The monoisotopic (exact) mass is 290 g/mol. The third-order valence-electron chi connectivity index (χ3n) is 2.89. The zero-order valence-corrected chi connectivity index (χ0v) is 12.6. The van der Waals surface area contributed by atoms with Gasteiger partial charge in [-0.25, -0.2) is 4.98 Å². The topological polar surface area (TPSA) is 34.2 Å². The zero-order valence-electron chi connectivity index (χ0n) is 11.8. The smallest absolute Gasteiger partial charge is 0.222 e. The zero-order chi connectivity index (χ0) is 14.4. The highest BCUT2D eigenvalue weighted by molar-refractivity contribution is 6.32. The molecule has 0 saturated carbocycles. The number of para-hydroxylation sites is 1. The van der Waals surface area contributed by atoms with Crippen LogP contribution in [0.3, 0.4) is 0 Å². The van der Waals surface area contributed by atoms with Gasteiger partial charge in [0.2, 0.25) is 5.88 Å². The van der Waals surface area contributed by atoms with E-state index in [4.69, 9.17) is 16.3 Å². The third-order valence-corrected chi connectivity index (χ3v) is 3.20. The minimum Gasteiger partial charge on any atom is -0.437 e. The van der Waals surface area contributed by atoms with Crippen molar-refractivity contribution in [1.82, 2.24) is 10.3 Å². The molecule has 0 amide bonds. The van der Waals surface area contributed by atoms with Gasteiger partial charge < -0.3 is 10.1 Å². The van der Waals surface area contributed by atoms with Crippen LogP contribution < -0.4 is 10.1 Å². The standard InChI is InChI=1S/C16H19ClN2O/c1-3-8-18-10-13-9-12(2)16(19-11-13)20-15-7-5-4-6-14(15)17/h4-7,9,11,18H,3,8,10H2,1-2H3. The summed E-state index contributed by atoms with van der Waals surface area (Å²) in [6, 6.07) is 9.48. The van der Waals surface area contributed by atoms with Crippen molar-refractivity contribution in [2.75, 3.05) is 6.54 Å². The average Bonchev–Trinajstić information content (AvgIpc) is 2.44. The van der Waals surface area contributed by atoms with Gasteiger partial charge in [-0.05, 0) is 43.7 Å². The van der Waals surface area contributed by atoms with E-state index in [9.17, 15) is 0 Å². The second-order valence-corrected chi connectivity index (χ2v) is 5.08. The Bertz CT molecular complexity index is 572. The molecule has 0 bridgehead atoms. The molecular formula is C16H19ClN2O. The van der Waals surface area contributed by atoms with Gasteiger partial charge in [0.05, 0.1) is 5.02 Å². The molecule has 1 aromatic heterocycles. The van der Waals surface area contributed by atoms with Gasteiger partial charge in [-0.3, -0.25) is 0 Å². The molecule has 20 heavy (non-hydrogen) atoms. The van der Waals surface area contributed by atoms with Crippen LogP contribution in [0.2, 0.25) is 5.02 Å². The number of aryl methyl sites for hydroxylation is 1. The highest BCUT2D eigenvalue weighted by Gasteiger charge is 2.07. The van der Waals surface area contributed by atoms with Crippen molar-refractivity contribution >= 4 is 11.6 Å². The fourth-order valence-electron chi connectivity index (χ4n) is 1.87. The lowest BCUT2D eigenvalue weighted by molar-refractivity contribution is 0.458. The summed E-state index contributed by atoms with van der Waals surface area (Å²) < 4.78 is 5.76. The van der Waals surface area contributed by atoms with Crippen LogP contribution in [-0.4, -0.2) is 11.5 Å². The van der Waals surface area contributed by atoms with Gasteiger partial charge in [-0.1, -0.05) is 30.7 Å². The molecule has 0 fully saturated rings. The average molecular weight is 291 g/mol. The largest absolute Gasteiger partial charge is 0.437 e. The maximum absolute atomic E-state index is 6.08. The van der Waals surface area contributed by atoms with Crippen LogP contribution in [0, 0.1) is 6.92 Å². The third kappa shape index (κ3) is 3.95. The Morgan fingerprint density at radius 3 is 2.80 bits per heavy atom. The Morgan fingerprint density at radius 1 is 1.30 bits per heavy atom. The summed E-state index contributed by atoms with van der Waals surface area (Å²) in [5, 5.41) is 3.94. The summed E-state index contributed by atoms with van der Waals surface area (Å²) >= 11 is 6.08. The van der Waals surface area contributed by atoms with E-state index in [1.54, 1.807) is 6.07 Å². The predicted octanol–water partition coefficient (Wildman–Crippen LogP) is 4.34. The van der Waals surface area contributed by atoms with Crippen LogP contribution in [0.5, 0.6) is 11.6 Å². The van der Waals surface area contributed by atoms with Gasteiger partial charge in [0.1, 0.15) is 5.75 Å². The Balaban J connectivity index is 2.08. The van der Waals surface area contributed by atoms with Crippen molar-refractivity contribution in [2.24, 2.45) is 0 Å². The first-order valence-electron chi connectivity index (χ1n) is 6.79. The van der Waals surface area contributed by atoms with Crippen LogP contribution in [0.25, 0.3) is 0 Å². The van der Waals surface area contributed by atoms with Gasteiger partial charge in [0, 0.05) is 18.3 Å². The molecule has 0 aliphatic rings. The first-order chi connectivity index (χ1) is 9.70. The number of halogens is 1. The van der Waals surface area contributed by atoms with Gasteiger partial charge in [0.25, 0.3) is 0 Å². The predicted molar refractivity (Wildman–Crippen MR) is 82.5 cm³/mol. The van der Waals surface area contributed by atoms with Crippen LogP contribution in [0.4, 0.5) is 0 Å². The van der Waals surface area contributed by atoms with Crippen LogP contribution >= 0.6 is 11.6 Å². The Morgan fingerprint density at radius 2 is 2.10 bits per heavy atom. The minimum atomic E-state index is 0.586. The van der Waals surface area contributed by atoms with Gasteiger partial charge in [-0.2, -0.15) is 0 Å². The van der Waals surface area contributed by atoms with Gasteiger partial charge in [-0.15, -0.1) is 0 Å². The Kier molecular flexibility index (Phi) is 5.39. The van der Waals surface area contributed by atoms with Gasteiger partial charge >= 0.3 is 0 Å². The Hall–Kier alpha value is -1.58. The SMILES string of the molecule is CCCNCc1cnc(Oc2ccccc2Cl)c(C)c1. The molecule has 1 heterocycles. The minimum absolute atomic E-state index is 0.586. The number of hydrogen-bond acceptors (Lipinski definition) is 3. The molecule has 1 N–H and O–H groups in total. The molecule has 0 saturated heterocycles. The maximum Gasteiger partial charge on any atom is 0.222 e. The molecule has 0 unspecified atom stereocenters. The van der Waals surface area contributed by atoms with Crippen molar-refractivity contribution < 1.29 is 4.74 Å². The molecule has 0 aliphatic heterocycles. The number of benzene rings is 1. The molecule has 2 rings (SSSR count). The van der Waals surface area contributed by atoms with E-state index >= 15 is 0 Å². The van der Waals surface area contributed by atoms with E-state index in [1.807, 2.05) is 31.3 Å². The number of ether oxygens (including phenoxy) is 1. The second-order valence-electron chi connectivity index (χ2n) is 4.67. The quantitative estimate of drug-likeness (QED) is 0.804. The maximum atomic E-state index is 6.08. The van der Waals surface area contributed by atoms with E-state index < -0.39 is 0 Å². The Labute approximate surface area is 124 Å². The molecular weight excluding hydrogens is 272 g/mol. The number of hydrogen-bond donors (Lipinski definition) is 1. The summed E-state index contributed by atoms with van der Waals surface area (Å²) in [5.74, 6) is 1.22. The highest BCUT2D eigenvalue weighted by atomic mass is 35.5. The summed E-state index contributed by atoms with van der Waals surface area (Å²) in [5.41, 5.74) is 2.16. The van der Waals surface area contributed by atoms with E-state index in [1.165, 1.54) is 0 Å². The molecule has 0 atom stereocenters. The van der Waals surface area contributed by atoms with Gasteiger partial charge in [0.15, 0.2) is 0 Å². The van der Waals surface area contributed by atoms with Crippen molar-refractivity contribution in [3.63, 3.8) is 0 Å². The van der Waals surface area contributed by atoms with Crippen molar-refractivity contribution in [2.45, 2.75) is 26.8 Å². The lowest BCUT2D eigenvalue weighted by Gasteiger charge is -2.10. The molecule has 3 nitrogen and oxygen atoms in total. The molecule has 0 radical (unpaired) electrons. The molecule has 4 heteroatoms. The number of nitrogens with one attached hydrogen (secondary N) is 1. The lowest BCUT2D eigenvalue weighted by Crippen LogP contribution is -2.14. The summed E-state index contributed by atoms with van der Waals surface area (Å²) in [6.07, 6.45) is 2.96. The molecule has 0 aliphatic carbocycles. The number of aromatic nitrogens is 1. The van der Waals surface area contributed by atoms with E-state index in [0.29, 0.717) is 16.7 Å². The second kappa shape index (κ2) is 7.27. The van der Waals surface area contributed by atoms with Crippen LogP contribution in [0.15, 0.2) is 36.5 Å². The number of pyridine rings is 1. The first-order valence-corrected chi connectivity index (χ1v) is 7.17. The first kappa shape index (κ1) is 14.8. The van der Waals surface area contributed by atoms with Crippen molar-refractivity contribution in [1.29, 1.82) is 0 Å². The molecule has 0 spiro atoms. The van der Waals surface area contributed by atoms with Crippen molar-refractivity contribution in [3.05, 3.63) is 52.7 Å². The van der Waals surface area contributed by atoms with E-state index in [-0.39, 0.29) is 0 Å². The highest BCUT2D eigenvalue weighted by Crippen LogP contribution is 2.29. The van der Waals surface area contributed by atoms with Crippen LogP contribution in [0.1, 0.15) is 24.5 Å². The van der Waals surface area contributed by atoms with E-state index in [2.05, 4.69) is 23.3 Å². The molecule has 2 aromatic rings. The summed E-state index contributed by atoms with van der Waals surface area (Å²) in [7, 11) is 0. The fraction of sp³-hybridized carbons (Fsp3) is 0.312. The normalized spacial score (nSPS) is 10.6.